The number of imidazole rings is 1. The molecule has 0 aliphatic rings. The Hall–Kier alpha value is -1.26. The minimum Gasteiger partial charge on any atom is -0.337 e. The molecule has 0 spiro atoms. The quantitative estimate of drug-likeness (QED) is 0.779. The second kappa shape index (κ2) is 7.10. The lowest BCUT2D eigenvalue weighted by molar-refractivity contribution is 0.0707. The van der Waals surface area contributed by atoms with Gasteiger partial charge in [-0.05, 0) is 24.8 Å². The molecule has 2 rings (SSSR count). The maximum absolute atomic E-state index is 13.1. The molecule has 0 atom stereocenters. The minimum absolute atomic E-state index is 0.0317. The van der Waals surface area contributed by atoms with Crippen LogP contribution < -0.4 is 0 Å². The van der Waals surface area contributed by atoms with Gasteiger partial charge in [-0.2, -0.15) is 0 Å². The summed E-state index contributed by atoms with van der Waals surface area (Å²) in [6.07, 6.45) is 1.69. The number of aromatic nitrogens is 2. The van der Waals surface area contributed by atoms with Gasteiger partial charge in [0.2, 0.25) is 0 Å². The van der Waals surface area contributed by atoms with Gasteiger partial charge in [0.1, 0.15) is 5.69 Å². The summed E-state index contributed by atoms with van der Waals surface area (Å²) in [5, 5.41) is 0.923. The Kier molecular flexibility index (Phi) is 5.58. The van der Waals surface area contributed by atoms with E-state index < -0.39 is 0 Å². The zero-order valence-corrected chi connectivity index (χ0v) is 15.7. The molecule has 0 saturated heterocycles. The zero-order chi connectivity index (χ0) is 17.3. The van der Waals surface area contributed by atoms with Crippen LogP contribution in [0.3, 0.4) is 0 Å². The molecule has 0 unspecified atom stereocenters. The van der Waals surface area contributed by atoms with Gasteiger partial charge in [0.15, 0.2) is 5.65 Å². The van der Waals surface area contributed by atoms with Crippen molar-refractivity contribution in [2.45, 2.75) is 34.6 Å². The van der Waals surface area contributed by atoms with Crippen molar-refractivity contribution < 1.29 is 4.79 Å². The van der Waals surface area contributed by atoms with Crippen LogP contribution in [-0.2, 0) is 0 Å². The second-order valence-electron chi connectivity index (χ2n) is 6.74. The Labute approximate surface area is 147 Å². The van der Waals surface area contributed by atoms with Crippen molar-refractivity contribution in [3.8, 4) is 0 Å². The van der Waals surface area contributed by atoms with E-state index in [4.69, 9.17) is 23.2 Å². The van der Waals surface area contributed by atoms with E-state index in [-0.39, 0.29) is 5.91 Å². The lowest BCUT2D eigenvalue weighted by atomic mass is 10.1. The molecule has 0 fully saturated rings. The van der Waals surface area contributed by atoms with Gasteiger partial charge in [0, 0.05) is 19.3 Å². The van der Waals surface area contributed by atoms with Crippen LogP contribution in [0.4, 0.5) is 0 Å². The van der Waals surface area contributed by atoms with Crippen LogP contribution in [0.15, 0.2) is 12.3 Å². The standard InChI is InChI=1S/C17H23Cl2N3O/c1-10(2)7-21(8-11(3)4)17(23)15-12(5)20-16-14(19)6-13(18)9-22(15)16/h6,9-11H,7-8H2,1-5H3. The molecule has 6 heteroatoms. The summed E-state index contributed by atoms with van der Waals surface area (Å²) < 4.78 is 1.70. The first kappa shape index (κ1) is 18.1. The first-order chi connectivity index (χ1) is 10.7. The number of hydrogen-bond donors (Lipinski definition) is 0. The summed E-state index contributed by atoms with van der Waals surface area (Å²) >= 11 is 12.3. The Morgan fingerprint density at radius 2 is 1.78 bits per heavy atom. The molecule has 0 bridgehead atoms. The Balaban J connectivity index is 2.52. The molecular formula is C17H23Cl2N3O. The number of nitrogens with zero attached hydrogens (tertiary/aromatic N) is 3. The zero-order valence-electron chi connectivity index (χ0n) is 14.2. The third-order valence-corrected chi connectivity index (χ3v) is 3.96. The average molecular weight is 356 g/mol. The average Bonchev–Trinajstić information content (AvgIpc) is 2.72. The highest BCUT2D eigenvalue weighted by Gasteiger charge is 2.24. The molecular weight excluding hydrogens is 333 g/mol. The molecule has 2 aromatic rings. The Morgan fingerprint density at radius 3 is 2.30 bits per heavy atom. The molecule has 1 amide bonds. The fraction of sp³-hybridized carbons (Fsp3) is 0.529. The summed E-state index contributed by atoms with van der Waals surface area (Å²) in [6, 6.07) is 1.64. The number of carbonyl (C=O) groups excluding carboxylic acids is 1. The molecule has 0 aliphatic heterocycles. The van der Waals surface area contributed by atoms with Crippen LogP contribution in [0.1, 0.15) is 43.9 Å². The van der Waals surface area contributed by atoms with Crippen molar-refractivity contribution in [1.29, 1.82) is 0 Å². The Bertz CT molecular complexity index is 712. The van der Waals surface area contributed by atoms with Crippen molar-refractivity contribution in [3.63, 3.8) is 0 Å². The monoisotopic (exact) mass is 355 g/mol. The van der Waals surface area contributed by atoms with Crippen molar-refractivity contribution in [1.82, 2.24) is 14.3 Å². The number of hydrogen-bond acceptors (Lipinski definition) is 2. The Morgan fingerprint density at radius 1 is 1.22 bits per heavy atom. The maximum atomic E-state index is 13.1. The minimum atomic E-state index is -0.0317. The van der Waals surface area contributed by atoms with E-state index in [0.717, 1.165) is 0 Å². The molecule has 0 saturated carbocycles. The van der Waals surface area contributed by atoms with Gasteiger partial charge >= 0.3 is 0 Å². The molecule has 4 nitrogen and oxygen atoms in total. The van der Waals surface area contributed by atoms with E-state index in [0.29, 0.717) is 52.0 Å². The van der Waals surface area contributed by atoms with Gasteiger partial charge in [-0.3, -0.25) is 9.20 Å². The summed E-state index contributed by atoms with van der Waals surface area (Å²) in [5.74, 6) is 0.754. The summed E-state index contributed by atoms with van der Waals surface area (Å²) in [5.41, 5.74) is 1.76. The van der Waals surface area contributed by atoms with Crippen molar-refractivity contribution in [2.24, 2.45) is 11.8 Å². The summed E-state index contributed by atoms with van der Waals surface area (Å²) in [6.45, 7) is 11.7. The highest BCUT2D eigenvalue weighted by molar-refractivity contribution is 6.36. The molecule has 0 radical (unpaired) electrons. The van der Waals surface area contributed by atoms with E-state index in [9.17, 15) is 4.79 Å². The largest absolute Gasteiger partial charge is 0.337 e. The van der Waals surface area contributed by atoms with Crippen LogP contribution in [0.2, 0.25) is 10.0 Å². The first-order valence-corrected chi connectivity index (χ1v) is 8.59. The van der Waals surface area contributed by atoms with Gasteiger partial charge in [-0.25, -0.2) is 4.98 Å². The van der Waals surface area contributed by atoms with E-state index in [1.807, 2.05) is 11.8 Å². The number of rotatable bonds is 5. The number of halogens is 2. The fourth-order valence-corrected chi connectivity index (χ4v) is 3.23. The van der Waals surface area contributed by atoms with Gasteiger partial charge in [0.25, 0.3) is 5.91 Å². The van der Waals surface area contributed by atoms with Gasteiger partial charge < -0.3 is 4.90 Å². The number of aryl methyl sites for hydroxylation is 1. The van der Waals surface area contributed by atoms with Crippen LogP contribution in [0.25, 0.3) is 5.65 Å². The summed E-state index contributed by atoms with van der Waals surface area (Å²) in [7, 11) is 0. The van der Waals surface area contributed by atoms with E-state index in [2.05, 4.69) is 32.7 Å². The lowest BCUT2D eigenvalue weighted by Gasteiger charge is -2.26. The van der Waals surface area contributed by atoms with E-state index >= 15 is 0 Å². The predicted octanol–water partition coefficient (Wildman–Crippen LogP) is 4.70. The summed E-state index contributed by atoms with van der Waals surface area (Å²) in [4.78, 5) is 19.4. The smallest absolute Gasteiger partial charge is 0.272 e. The van der Waals surface area contributed by atoms with Crippen LogP contribution in [-0.4, -0.2) is 33.3 Å². The van der Waals surface area contributed by atoms with Crippen LogP contribution in [0, 0.1) is 18.8 Å². The SMILES string of the molecule is Cc1nc2c(Cl)cc(Cl)cn2c1C(=O)N(CC(C)C)CC(C)C. The molecule has 126 valence electrons. The highest BCUT2D eigenvalue weighted by atomic mass is 35.5. The third kappa shape index (κ3) is 3.99. The predicted molar refractivity (Wildman–Crippen MR) is 95.5 cm³/mol. The highest BCUT2D eigenvalue weighted by Crippen LogP contribution is 2.25. The lowest BCUT2D eigenvalue weighted by Crippen LogP contribution is -2.38. The van der Waals surface area contributed by atoms with Crippen molar-refractivity contribution in [3.05, 3.63) is 33.7 Å². The van der Waals surface area contributed by atoms with Gasteiger partial charge in [-0.15, -0.1) is 0 Å². The van der Waals surface area contributed by atoms with Crippen LogP contribution in [0.5, 0.6) is 0 Å². The molecule has 0 aliphatic carbocycles. The maximum Gasteiger partial charge on any atom is 0.272 e. The van der Waals surface area contributed by atoms with Crippen molar-refractivity contribution >= 4 is 34.8 Å². The van der Waals surface area contributed by atoms with Crippen LogP contribution >= 0.6 is 23.2 Å². The number of pyridine rings is 1. The molecule has 0 aromatic carbocycles. The van der Waals surface area contributed by atoms with E-state index in [1.165, 1.54) is 0 Å². The fourth-order valence-electron chi connectivity index (χ4n) is 2.72. The molecule has 2 heterocycles. The number of amides is 1. The normalized spacial score (nSPS) is 11.7. The topological polar surface area (TPSA) is 37.6 Å². The van der Waals surface area contributed by atoms with E-state index in [1.54, 1.807) is 16.7 Å². The third-order valence-electron chi connectivity index (χ3n) is 3.48. The molecule has 2 aromatic heterocycles. The first-order valence-electron chi connectivity index (χ1n) is 7.83. The van der Waals surface area contributed by atoms with Gasteiger partial charge in [0.05, 0.1) is 15.7 Å². The number of carbonyl (C=O) groups is 1. The van der Waals surface area contributed by atoms with Gasteiger partial charge in [-0.1, -0.05) is 50.9 Å². The number of fused-ring (bicyclic) bond motifs is 1. The molecule has 0 N–H and O–H groups in total. The molecule has 23 heavy (non-hydrogen) atoms. The second-order valence-corrected chi connectivity index (χ2v) is 7.59. The van der Waals surface area contributed by atoms with Crippen molar-refractivity contribution in [2.75, 3.05) is 13.1 Å².